The van der Waals surface area contributed by atoms with E-state index < -0.39 is 0 Å². The van der Waals surface area contributed by atoms with Crippen LogP contribution in [0.5, 0.6) is 0 Å². The van der Waals surface area contributed by atoms with Crippen LogP contribution in [0, 0.1) is 0 Å². The largest absolute Gasteiger partial charge is 0.345 e. The normalized spacial score (nSPS) is 11.7. The zero-order valence-corrected chi connectivity index (χ0v) is 6.40. The molecule has 0 fully saturated rings. The minimum atomic E-state index is 0.772. The fraction of sp³-hybridized carbons (Fsp3) is 0.250. The molecule has 58 valence electrons. The quantitative estimate of drug-likeness (QED) is 0.616. The zero-order chi connectivity index (χ0) is 7.94. The second-order valence-corrected chi connectivity index (χ2v) is 2.05. The van der Waals surface area contributed by atoms with E-state index in [2.05, 4.69) is 14.9 Å². The Morgan fingerprint density at radius 1 is 1.55 bits per heavy atom. The predicted octanol–water partition coefficient (Wildman–Crippen LogP) is 1.74. The molecule has 0 radical (unpaired) electrons. The van der Waals surface area contributed by atoms with Crippen LogP contribution < -0.4 is 0 Å². The Balaban J connectivity index is 2.34. The number of hydrogen-bond donors (Lipinski definition) is 0. The van der Waals surface area contributed by atoms with Gasteiger partial charge in [-0.1, -0.05) is 24.3 Å². The molecule has 0 saturated carbocycles. The summed E-state index contributed by atoms with van der Waals surface area (Å²) >= 11 is 0. The summed E-state index contributed by atoms with van der Waals surface area (Å²) in [6.45, 7) is 1.97. The first-order valence-electron chi connectivity index (χ1n) is 3.47. The Morgan fingerprint density at radius 2 is 2.45 bits per heavy atom. The lowest BCUT2D eigenvalue weighted by Crippen LogP contribution is -1.78. The SMILES string of the molecule is CC=CC=CCc1conn1. The first-order valence-corrected chi connectivity index (χ1v) is 3.47. The highest BCUT2D eigenvalue weighted by molar-refractivity contribution is 5.05. The van der Waals surface area contributed by atoms with E-state index in [4.69, 9.17) is 0 Å². The monoisotopic (exact) mass is 150 g/mol. The maximum atomic E-state index is 4.56. The molecule has 0 aliphatic rings. The molecular weight excluding hydrogens is 140 g/mol. The number of aromatic nitrogens is 2. The van der Waals surface area contributed by atoms with Crippen molar-refractivity contribution in [1.82, 2.24) is 10.4 Å². The molecule has 0 aliphatic carbocycles. The van der Waals surface area contributed by atoms with Crippen LogP contribution in [-0.4, -0.2) is 10.4 Å². The van der Waals surface area contributed by atoms with Gasteiger partial charge in [0.05, 0.1) is 0 Å². The smallest absolute Gasteiger partial charge is 0.147 e. The maximum absolute atomic E-state index is 4.56. The lowest BCUT2D eigenvalue weighted by molar-refractivity contribution is 0.392. The maximum Gasteiger partial charge on any atom is 0.147 e. The van der Waals surface area contributed by atoms with Gasteiger partial charge < -0.3 is 4.52 Å². The lowest BCUT2D eigenvalue weighted by Gasteiger charge is -1.79. The van der Waals surface area contributed by atoms with Crippen LogP contribution in [0.3, 0.4) is 0 Å². The van der Waals surface area contributed by atoms with Crippen molar-refractivity contribution in [2.24, 2.45) is 0 Å². The third kappa shape index (κ3) is 2.80. The molecular formula is C8H10N2O. The van der Waals surface area contributed by atoms with Crippen molar-refractivity contribution in [1.29, 1.82) is 0 Å². The van der Waals surface area contributed by atoms with Crippen molar-refractivity contribution in [3.05, 3.63) is 36.3 Å². The van der Waals surface area contributed by atoms with Gasteiger partial charge in [0, 0.05) is 11.7 Å². The van der Waals surface area contributed by atoms with Gasteiger partial charge in [-0.05, 0) is 6.92 Å². The van der Waals surface area contributed by atoms with E-state index in [-0.39, 0.29) is 0 Å². The fourth-order valence-electron chi connectivity index (χ4n) is 0.651. The van der Waals surface area contributed by atoms with Gasteiger partial charge in [-0.15, -0.1) is 5.10 Å². The number of allylic oxidation sites excluding steroid dienone is 4. The third-order valence-corrected chi connectivity index (χ3v) is 1.17. The molecule has 0 atom stereocenters. The molecule has 3 nitrogen and oxygen atoms in total. The van der Waals surface area contributed by atoms with Crippen molar-refractivity contribution in [2.75, 3.05) is 0 Å². The summed E-state index contributed by atoms with van der Waals surface area (Å²) in [7, 11) is 0. The Morgan fingerprint density at radius 3 is 3.09 bits per heavy atom. The summed E-state index contributed by atoms with van der Waals surface area (Å²) < 4.78 is 4.56. The fourth-order valence-corrected chi connectivity index (χ4v) is 0.651. The van der Waals surface area contributed by atoms with Crippen LogP contribution >= 0.6 is 0 Å². The van der Waals surface area contributed by atoms with E-state index in [1.54, 1.807) is 6.26 Å². The van der Waals surface area contributed by atoms with E-state index in [0.29, 0.717) is 0 Å². The summed E-state index contributed by atoms with van der Waals surface area (Å²) in [5.41, 5.74) is 0.853. The van der Waals surface area contributed by atoms with Gasteiger partial charge in [0.25, 0.3) is 0 Å². The molecule has 0 N–H and O–H groups in total. The molecule has 0 aliphatic heterocycles. The average molecular weight is 150 g/mol. The van der Waals surface area contributed by atoms with Crippen molar-refractivity contribution in [2.45, 2.75) is 13.3 Å². The van der Waals surface area contributed by atoms with E-state index in [9.17, 15) is 0 Å². The van der Waals surface area contributed by atoms with Crippen LogP contribution in [0.4, 0.5) is 0 Å². The molecule has 3 heteroatoms. The molecule has 0 amide bonds. The first kappa shape index (κ1) is 7.72. The van der Waals surface area contributed by atoms with Crippen LogP contribution in [-0.2, 0) is 6.42 Å². The Kier molecular flexibility index (Phi) is 3.12. The van der Waals surface area contributed by atoms with E-state index in [1.807, 2.05) is 31.2 Å². The van der Waals surface area contributed by atoms with Crippen LogP contribution in [0.1, 0.15) is 12.6 Å². The zero-order valence-electron chi connectivity index (χ0n) is 6.40. The first-order chi connectivity index (χ1) is 5.43. The number of hydrogen-bond acceptors (Lipinski definition) is 3. The molecule has 0 saturated heterocycles. The van der Waals surface area contributed by atoms with Crippen molar-refractivity contribution >= 4 is 0 Å². The number of rotatable bonds is 3. The topological polar surface area (TPSA) is 38.9 Å². The molecule has 11 heavy (non-hydrogen) atoms. The van der Waals surface area contributed by atoms with Crippen molar-refractivity contribution in [3.63, 3.8) is 0 Å². The Bertz CT molecular complexity index is 237. The molecule has 0 spiro atoms. The minimum Gasteiger partial charge on any atom is -0.345 e. The van der Waals surface area contributed by atoms with Gasteiger partial charge in [-0.25, -0.2) is 0 Å². The highest BCUT2D eigenvalue weighted by Gasteiger charge is 1.90. The van der Waals surface area contributed by atoms with Gasteiger partial charge in [-0.3, -0.25) is 0 Å². The molecule has 1 rings (SSSR count). The molecule has 1 aromatic rings. The van der Waals surface area contributed by atoms with Crippen LogP contribution in [0.15, 0.2) is 35.1 Å². The van der Waals surface area contributed by atoms with Gasteiger partial charge in [0.1, 0.15) is 12.0 Å². The van der Waals surface area contributed by atoms with Gasteiger partial charge in [0.2, 0.25) is 0 Å². The minimum absolute atomic E-state index is 0.772. The summed E-state index contributed by atoms with van der Waals surface area (Å²) in [5.74, 6) is 0. The predicted molar refractivity (Wildman–Crippen MR) is 42.0 cm³/mol. The van der Waals surface area contributed by atoms with Crippen molar-refractivity contribution < 1.29 is 4.52 Å². The summed E-state index contributed by atoms with van der Waals surface area (Å²) in [5, 5.41) is 7.07. The van der Waals surface area contributed by atoms with Gasteiger partial charge in [0.15, 0.2) is 0 Å². The second-order valence-electron chi connectivity index (χ2n) is 2.05. The molecule has 0 bridgehead atoms. The standard InChI is InChI=1S/C8H10N2O/c1-2-3-4-5-6-8-7-11-10-9-8/h2-5,7H,6H2,1H3. The Labute approximate surface area is 65.4 Å². The molecule has 1 heterocycles. The van der Waals surface area contributed by atoms with E-state index >= 15 is 0 Å². The summed E-state index contributed by atoms with van der Waals surface area (Å²) in [4.78, 5) is 0. The van der Waals surface area contributed by atoms with Crippen molar-refractivity contribution in [3.8, 4) is 0 Å². The van der Waals surface area contributed by atoms with E-state index in [0.717, 1.165) is 12.1 Å². The molecule has 0 aromatic carbocycles. The second kappa shape index (κ2) is 4.44. The van der Waals surface area contributed by atoms with E-state index in [1.165, 1.54) is 0 Å². The van der Waals surface area contributed by atoms with Crippen LogP contribution in [0.25, 0.3) is 0 Å². The number of nitrogens with zero attached hydrogens (tertiary/aromatic N) is 2. The van der Waals surface area contributed by atoms with Crippen LogP contribution in [0.2, 0.25) is 0 Å². The van der Waals surface area contributed by atoms with Gasteiger partial charge >= 0.3 is 0 Å². The molecule has 1 aromatic heterocycles. The highest BCUT2D eigenvalue weighted by Crippen LogP contribution is 1.93. The summed E-state index contributed by atoms with van der Waals surface area (Å²) in [6, 6.07) is 0. The molecule has 0 unspecified atom stereocenters. The third-order valence-electron chi connectivity index (χ3n) is 1.17. The Hall–Kier alpha value is -1.38. The summed E-state index contributed by atoms with van der Waals surface area (Å²) in [6.07, 6.45) is 10.2. The lowest BCUT2D eigenvalue weighted by atomic mass is 10.3. The van der Waals surface area contributed by atoms with Gasteiger partial charge in [-0.2, -0.15) is 0 Å². The average Bonchev–Trinajstić information content (AvgIpc) is 2.50. The highest BCUT2D eigenvalue weighted by atomic mass is 16.5.